The molecule has 0 saturated heterocycles. The monoisotopic (exact) mass is 130 g/mol. The molecule has 0 spiro atoms. The van der Waals surface area contributed by atoms with Crippen molar-refractivity contribution in [1.29, 1.82) is 0 Å². The minimum atomic E-state index is -0.818. The van der Waals surface area contributed by atoms with Crippen LogP contribution in [0.1, 0.15) is 6.42 Å². The summed E-state index contributed by atoms with van der Waals surface area (Å²) < 4.78 is 4.47. The predicted molar refractivity (Wildman–Crippen MR) is 32.7 cm³/mol. The second-order valence-electron chi connectivity index (χ2n) is 1.14. The lowest BCUT2D eigenvalue weighted by molar-refractivity contribution is -0.137. The van der Waals surface area contributed by atoms with Gasteiger partial charge in [-0.2, -0.15) is 0 Å². The Hall–Kier alpha value is 0.196. The second kappa shape index (κ2) is 7.20. The Morgan fingerprint density at radius 3 is 2.38 bits per heavy atom. The van der Waals surface area contributed by atoms with E-state index >= 15 is 0 Å². The second-order valence-corrected chi connectivity index (χ2v) is 1.14. The Morgan fingerprint density at radius 1 is 1.75 bits per heavy atom. The summed E-state index contributed by atoms with van der Waals surface area (Å²) in [6.45, 7) is 0.301. The third-order valence-electron chi connectivity index (χ3n) is 0.520. The van der Waals surface area contributed by atoms with Crippen LogP contribution >= 0.6 is 0 Å². The van der Waals surface area contributed by atoms with E-state index in [4.69, 9.17) is 5.11 Å². The standard InChI is InChI=1S/C4H8O3.Mg.2H/c1-7-3-2-4(5)6;;;/h2-3H2,1H3,(H,5,6);;;. The molecule has 0 amide bonds. The molecule has 46 valence electrons. The molecule has 0 bridgehead atoms. The fraction of sp³-hybridized carbons (Fsp3) is 0.750. The molecular formula is C4H10MgO3. The fourth-order valence-corrected chi connectivity index (χ4v) is 0.189. The van der Waals surface area contributed by atoms with Gasteiger partial charge in [0.25, 0.3) is 0 Å². The van der Waals surface area contributed by atoms with Gasteiger partial charge in [-0.15, -0.1) is 0 Å². The maximum Gasteiger partial charge on any atom is 0.316 e. The highest BCUT2D eigenvalue weighted by Gasteiger charge is 1.91. The first-order valence-corrected chi connectivity index (χ1v) is 1.98. The Morgan fingerprint density at radius 2 is 2.25 bits per heavy atom. The number of ether oxygens (including phenoxy) is 1. The molecule has 0 saturated carbocycles. The molecule has 0 aliphatic carbocycles. The molecule has 0 rings (SSSR count). The van der Waals surface area contributed by atoms with Crippen molar-refractivity contribution in [3.8, 4) is 0 Å². The summed E-state index contributed by atoms with van der Waals surface area (Å²) in [6, 6.07) is 0. The molecule has 0 aromatic heterocycles. The molecule has 0 radical (unpaired) electrons. The summed E-state index contributed by atoms with van der Waals surface area (Å²) in [5, 5.41) is 7.96. The number of hydrogen-bond acceptors (Lipinski definition) is 2. The molecule has 0 fully saturated rings. The number of carbonyl (C=O) groups is 1. The molecule has 0 aliphatic rings. The lowest BCUT2D eigenvalue weighted by atomic mass is 10.5. The molecule has 0 aliphatic heterocycles. The average Bonchev–Trinajstić information content (AvgIpc) is 1.61. The van der Waals surface area contributed by atoms with Gasteiger partial charge in [0.2, 0.25) is 0 Å². The topological polar surface area (TPSA) is 46.5 Å². The van der Waals surface area contributed by atoms with Crippen LogP contribution in [0.25, 0.3) is 0 Å². The summed E-state index contributed by atoms with van der Waals surface area (Å²) in [4.78, 5) is 9.68. The van der Waals surface area contributed by atoms with Crippen LogP contribution in [0.5, 0.6) is 0 Å². The quantitative estimate of drug-likeness (QED) is 0.509. The van der Waals surface area contributed by atoms with Gasteiger partial charge in [-0.1, -0.05) is 0 Å². The highest BCUT2D eigenvalue weighted by molar-refractivity contribution is 5.75. The third-order valence-corrected chi connectivity index (χ3v) is 0.520. The van der Waals surface area contributed by atoms with E-state index in [0.29, 0.717) is 6.61 Å². The Kier molecular flexibility index (Phi) is 9.94. The average molecular weight is 130 g/mol. The highest BCUT2D eigenvalue weighted by Crippen LogP contribution is 1.76. The minimum Gasteiger partial charge on any atom is -0.481 e. The van der Waals surface area contributed by atoms with Crippen LogP contribution < -0.4 is 0 Å². The zero-order chi connectivity index (χ0) is 5.70. The van der Waals surface area contributed by atoms with Gasteiger partial charge >= 0.3 is 29.0 Å². The van der Waals surface area contributed by atoms with E-state index in [0.717, 1.165) is 0 Å². The number of rotatable bonds is 3. The van der Waals surface area contributed by atoms with Gasteiger partial charge in [0.15, 0.2) is 0 Å². The smallest absolute Gasteiger partial charge is 0.316 e. The van der Waals surface area contributed by atoms with Gasteiger partial charge in [-0.25, -0.2) is 0 Å². The lowest BCUT2D eigenvalue weighted by Crippen LogP contribution is -1.99. The molecule has 0 aromatic carbocycles. The van der Waals surface area contributed by atoms with E-state index in [-0.39, 0.29) is 29.5 Å². The van der Waals surface area contributed by atoms with Crippen molar-refractivity contribution in [2.75, 3.05) is 13.7 Å². The summed E-state index contributed by atoms with van der Waals surface area (Å²) in [5.41, 5.74) is 0. The largest absolute Gasteiger partial charge is 0.481 e. The third kappa shape index (κ3) is 9.50. The molecule has 0 aromatic rings. The molecule has 0 atom stereocenters. The number of carboxylic acid groups (broad SMARTS) is 1. The molecule has 4 heteroatoms. The summed E-state index contributed by atoms with van der Waals surface area (Å²) >= 11 is 0. The van der Waals surface area contributed by atoms with Crippen molar-refractivity contribution in [3.05, 3.63) is 0 Å². The maximum atomic E-state index is 9.68. The van der Waals surface area contributed by atoms with Gasteiger partial charge in [0.1, 0.15) is 0 Å². The Labute approximate surface area is 64.2 Å². The number of methoxy groups -OCH3 is 1. The first-order valence-electron chi connectivity index (χ1n) is 1.98. The van der Waals surface area contributed by atoms with E-state index in [9.17, 15) is 4.79 Å². The van der Waals surface area contributed by atoms with Crippen molar-refractivity contribution < 1.29 is 14.6 Å². The highest BCUT2D eigenvalue weighted by atomic mass is 24.3. The van der Waals surface area contributed by atoms with Crippen LogP contribution in [0.15, 0.2) is 0 Å². The minimum absolute atomic E-state index is 0. The van der Waals surface area contributed by atoms with Gasteiger partial charge in [-0.3, -0.25) is 4.79 Å². The first-order chi connectivity index (χ1) is 3.27. The van der Waals surface area contributed by atoms with E-state index in [1.807, 2.05) is 0 Å². The predicted octanol–water partition coefficient (Wildman–Crippen LogP) is -0.809. The molecule has 0 unspecified atom stereocenters. The van der Waals surface area contributed by atoms with Crippen molar-refractivity contribution in [1.82, 2.24) is 0 Å². The van der Waals surface area contributed by atoms with Crippen LogP contribution in [0.3, 0.4) is 0 Å². The number of hydrogen-bond donors (Lipinski definition) is 1. The first kappa shape index (κ1) is 11.1. The van der Waals surface area contributed by atoms with E-state index in [1.165, 1.54) is 7.11 Å². The summed E-state index contributed by atoms with van der Waals surface area (Å²) in [5.74, 6) is -0.818. The Balaban J connectivity index is 0. The summed E-state index contributed by atoms with van der Waals surface area (Å²) in [7, 11) is 1.48. The van der Waals surface area contributed by atoms with Crippen molar-refractivity contribution in [2.24, 2.45) is 0 Å². The van der Waals surface area contributed by atoms with Gasteiger partial charge in [-0.05, 0) is 0 Å². The molecule has 0 heterocycles. The molecule has 1 N–H and O–H groups in total. The van der Waals surface area contributed by atoms with Crippen LogP contribution in [0.2, 0.25) is 0 Å². The zero-order valence-electron chi connectivity index (χ0n) is 4.18. The fourth-order valence-electron chi connectivity index (χ4n) is 0.189. The normalized spacial score (nSPS) is 7.62. The van der Waals surface area contributed by atoms with Crippen molar-refractivity contribution >= 4 is 29.0 Å². The van der Waals surface area contributed by atoms with Crippen LogP contribution in [0, 0.1) is 0 Å². The Bertz CT molecular complexity index is 64.3. The van der Waals surface area contributed by atoms with E-state index in [2.05, 4.69) is 4.74 Å². The van der Waals surface area contributed by atoms with Gasteiger partial charge < -0.3 is 9.84 Å². The number of carboxylic acids is 1. The van der Waals surface area contributed by atoms with Crippen LogP contribution in [0.4, 0.5) is 0 Å². The maximum absolute atomic E-state index is 9.68. The molecule has 3 nitrogen and oxygen atoms in total. The van der Waals surface area contributed by atoms with Crippen LogP contribution in [-0.2, 0) is 9.53 Å². The van der Waals surface area contributed by atoms with Crippen molar-refractivity contribution in [3.63, 3.8) is 0 Å². The van der Waals surface area contributed by atoms with Gasteiger partial charge in [0.05, 0.1) is 13.0 Å². The molecule has 8 heavy (non-hydrogen) atoms. The zero-order valence-corrected chi connectivity index (χ0v) is 4.18. The molecular weight excluding hydrogens is 120 g/mol. The van der Waals surface area contributed by atoms with Crippen molar-refractivity contribution in [2.45, 2.75) is 6.42 Å². The number of aliphatic carboxylic acids is 1. The van der Waals surface area contributed by atoms with Gasteiger partial charge in [0, 0.05) is 7.11 Å². The van der Waals surface area contributed by atoms with E-state index < -0.39 is 5.97 Å². The summed E-state index contributed by atoms with van der Waals surface area (Å²) in [6.07, 6.45) is 0.0938. The lowest BCUT2D eigenvalue weighted by Gasteiger charge is -1.88. The SMILES string of the molecule is COCCC(=O)O.[MgH2]. The van der Waals surface area contributed by atoms with E-state index in [1.54, 1.807) is 0 Å². The van der Waals surface area contributed by atoms with Crippen LogP contribution in [-0.4, -0.2) is 47.8 Å².